The number of aliphatic hydroxyl groups is 1. The van der Waals surface area contributed by atoms with E-state index in [2.05, 4.69) is 4.98 Å². The molecule has 0 bridgehead atoms. The topological polar surface area (TPSA) is 103 Å². The molecule has 0 saturated carbocycles. The van der Waals surface area contributed by atoms with Crippen LogP contribution in [0.1, 0.15) is 17.5 Å². The van der Waals surface area contributed by atoms with E-state index in [1.165, 1.54) is 0 Å². The van der Waals surface area contributed by atoms with Crippen LogP contribution in [0.4, 0.5) is 0 Å². The highest BCUT2D eigenvalue weighted by atomic mass is 16.5. The summed E-state index contributed by atoms with van der Waals surface area (Å²) >= 11 is 0. The van der Waals surface area contributed by atoms with Crippen LogP contribution in [-0.4, -0.2) is 76.8 Å². The molecule has 1 aliphatic rings. The lowest BCUT2D eigenvalue weighted by atomic mass is 9.72. The van der Waals surface area contributed by atoms with Crippen LogP contribution in [-0.2, 0) is 22.6 Å². The third kappa shape index (κ3) is 5.39. The molecule has 0 spiro atoms. The zero-order valence-corrected chi connectivity index (χ0v) is 17.9. The fraction of sp³-hybridized carbons (Fsp3) is 0.435. The number of nitrogens with zero attached hydrogens (tertiary/aromatic N) is 3. The lowest BCUT2D eigenvalue weighted by Crippen LogP contribution is -2.59. The first-order chi connectivity index (χ1) is 14.8. The zero-order valence-electron chi connectivity index (χ0n) is 17.9. The van der Waals surface area contributed by atoms with Crippen LogP contribution >= 0.6 is 0 Å². The predicted molar refractivity (Wildman–Crippen MR) is 115 cm³/mol. The van der Waals surface area contributed by atoms with Gasteiger partial charge in [0.25, 0.3) is 0 Å². The largest absolute Gasteiger partial charge is 0.497 e. The molecule has 8 heteroatoms. The number of methoxy groups -OCH3 is 1. The molecule has 2 atom stereocenters. The summed E-state index contributed by atoms with van der Waals surface area (Å²) < 4.78 is 5.23. The Labute approximate surface area is 182 Å². The highest BCUT2D eigenvalue weighted by molar-refractivity contribution is 5.81. The Morgan fingerprint density at radius 1 is 1.29 bits per heavy atom. The van der Waals surface area contributed by atoms with E-state index in [1.54, 1.807) is 42.6 Å². The van der Waals surface area contributed by atoms with Crippen molar-refractivity contribution < 1.29 is 24.5 Å². The van der Waals surface area contributed by atoms with Crippen LogP contribution in [0.25, 0.3) is 0 Å². The average Bonchev–Trinajstić information content (AvgIpc) is 2.75. The van der Waals surface area contributed by atoms with E-state index in [1.807, 2.05) is 30.1 Å². The number of piperidine rings is 1. The first kappa shape index (κ1) is 22.7. The highest BCUT2D eigenvalue weighted by Crippen LogP contribution is 2.35. The Kier molecular flexibility index (Phi) is 7.25. The molecule has 0 unspecified atom stereocenters. The third-order valence-electron chi connectivity index (χ3n) is 5.80. The van der Waals surface area contributed by atoms with E-state index >= 15 is 0 Å². The van der Waals surface area contributed by atoms with Crippen molar-refractivity contribution in [3.63, 3.8) is 0 Å². The molecule has 1 aromatic heterocycles. The smallest absolute Gasteiger partial charge is 0.314 e. The Hall–Kier alpha value is -2.97. The van der Waals surface area contributed by atoms with Gasteiger partial charge in [-0.3, -0.25) is 19.5 Å². The molecule has 1 aliphatic heterocycles. The highest BCUT2D eigenvalue weighted by Gasteiger charge is 2.50. The van der Waals surface area contributed by atoms with Gasteiger partial charge in [-0.25, -0.2) is 0 Å². The number of aliphatic hydroxyl groups excluding tert-OH is 1. The summed E-state index contributed by atoms with van der Waals surface area (Å²) in [5.41, 5.74) is 0.260. The maximum absolute atomic E-state index is 12.9. The van der Waals surface area contributed by atoms with Gasteiger partial charge in [-0.2, -0.15) is 0 Å². The van der Waals surface area contributed by atoms with Crippen molar-refractivity contribution in [1.82, 2.24) is 14.8 Å². The van der Waals surface area contributed by atoms with Gasteiger partial charge in [-0.05, 0) is 49.2 Å². The number of pyridine rings is 1. The van der Waals surface area contributed by atoms with Gasteiger partial charge in [-0.15, -0.1) is 0 Å². The molecule has 1 amide bonds. The second kappa shape index (κ2) is 9.89. The van der Waals surface area contributed by atoms with E-state index in [0.717, 1.165) is 11.1 Å². The van der Waals surface area contributed by atoms with E-state index in [0.29, 0.717) is 18.8 Å². The number of likely N-dealkylation sites (tertiary alicyclic amines) is 1. The summed E-state index contributed by atoms with van der Waals surface area (Å²) in [4.78, 5) is 32.8. The molecule has 166 valence electrons. The fourth-order valence-corrected chi connectivity index (χ4v) is 4.09. The standard InChI is InChI=1S/C23H29N3O5/c1-25(14-18-6-4-9-24-13-18)15-21(28)26-10-8-20(27)23(16-26,22(29)30)12-17-5-3-7-19(11-17)31-2/h3-7,9,11,13,20,27H,8,10,12,14-16H2,1-2H3,(H,29,30)/t20-,23+/m0/s1. The number of carboxylic acids is 1. The van der Waals surface area contributed by atoms with Crippen molar-refractivity contribution in [3.8, 4) is 5.75 Å². The maximum atomic E-state index is 12.9. The van der Waals surface area contributed by atoms with Gasteiger partial charge >= 0.3 is 5.97 Å². The second-order valence-electron chi connectivity index (χ2n) is 8.14. The molecule has 31 heavy (non-hydrogen) atoms. The zero-order chi connectivity index (χ0) is 22.4. The van der Waals surface area contributed by atoms with Crippen molar-refractivity contribution in [3.05, 3.63) is 59.9 Å². The van der Waals surface area contributed by atoms with Gasteiger partial charge in [0.1, 0.15) is 11.2 Å². The fourth-order valence-electron chi connectivity index (χ4n) is 4.09. The van der Waals surface area contributed by atoms with Crippen LogP contribution in [0.3, 0.4) is 0 Å². The monoisotopic (exact) mass is 427 g/mol. The van der Waals surface area contributed by atoms with Crippen LogP contribution in [0.15, 0.2) is 48.8 Å². The molecule has 0 aliphatic carbocycles. The van der Waals surface area contributed by atoms with Crippen molar-refractivity contribution in [2.75, 3.05) is 33.8 Å². The van der Waals surface area contributed by atoms with E-state index in [4.69, 9.17) is 4.74 Å². The van der Waals surface area contributed by atoms with Crippen LogP contribution in [0.5, 0.6) is 5.75 Å². The molecule has 8 nitrogen and oxygen atoms in total. The molecule has 2 N–H and O–H groups in total. The third-order valence-corrected chi connectivity index (χ3v) is 5.80. The molecule has 2 aromatic rings. The Bertz CT molecular complexity index is 907. The lowest BCUT2D eigenvalue weighted by Gasteiger charge is -2.43. The molecular weight excluding hydrogens is 398 g/mol. The number of amides is 1. The number of rotatable bonds is 8. The number of aliphatic carboxylic acids is 1. The number of carbonyl (C=O) groups excluding carboxylic acids is 1. The number of aromatic nitrogens is 1. The Balaban J connectivity index is 1.72. The summed E-state index contributed by atoms with van der Waals surface area (Å²) in [7, 11) is 3.38. The first-order valence-corrected chi connectivity index (χ1v) is 10.2. The summed E-state index contributed by atoms with van der Waals surface area (Å²) in [6, 6.07) is 10.9. The molecule has 1 saturated heterocycles. The first-order valence-electron chi connectivity index (χ1n) is 10.2. The minimum Gasteiger partial charge on any atom is -0.497 e. The molecule has 1 aromatic carbocycles. The minimum absolute atomic E-state index is 0.0414. The quantitative estimate of drug-likeness (QED) is 0.657. The van der Waals surface area contributed by atoms with E-state index < -0.39 is 17.5 Å². The van der Waals surface area contributed by atoms with Gasteiger partial charge in [0.15, 0.2) is 0 Å². The summed E-state index contributed by atoms with van der Waals surface area (Å²) in [5.74, 6) is -0.646. The SMILES string of the molecule is COc1cccc(C[C@@]2(C(=O)O)CN(C(=O)CN(C)Cc3cccnc3)CC[C@@H]2O)c1. The molecular formula is C23H29N3O5. The van der Waals surface area contributed by atoms with Crippen molar-refractivity contribution >= 4 is 11.9 Å². The number of ether oxygens (including phenoxy) is 1. The lowest BCUT2D eigenvalue weighted by molar-refractivity contribution is -0.166. The molecule has 2 heterocycles. The number of likely N-dealkylation sites (N-methyl/N-ethyl adjacent to an activating group) is 1. The minimum atomic E-state index is -1.47. The van der Waals surface area contributed by atoms with E-state index in [9.17, 15) is 19.8 Å². The number of hydrogen-bond donors (Lipinski definition) is 2. The maximum Gasteiger partial charge on any atom is 0.314 e. The van der Waals surface area contributed by atoms with Crippen LogP contribution in [0, 0.1) is 5.41 Å². The molecule has 3 rings (SSSR count). The Morgan fingerprint density at radius 2 is 2.06 bits per heavy atom. The second-order valence-corrected chi connectivity index (χ2v) is 8.14. The number of carboxylic acid groups (broad SMARTS) is 1. The molecule has 0 radical (unpaired) electrons. The Morgan fingerprint density at radius 3 is 2.74 bits per heavy atom. The van der Waals surface area contributed by atoms with Crippen molar-refractivity contribution in [1.29, 1.82) is 0 Å². The van der Waals surface area contributed by atoms with Gasteiger partial charge in [-0.1, -0.05) is 18.2 Å². The number of hydrogen-bond acceptors (Lipinski definition) is 6. The van der Waals surface area contributed by atoms with Gasteiger partial charge in [0.05, 0.1) is 19.8 Å². The van der Waals surface area contributed by atoms with Gasteiger partial charge < -0.3 is 19.8 Å². The molecule has 1 fully saturated rings. The normalized spacial score (nSPS) is 21.2. The summed E-state index contributed by atoms with van der Waals surface area (Å²) in [6.07, 6.45) is 2.72. The van der Waals surface area contributed by atoms with Crippen molar-refractivity contribution in [2.24, 2.45) is 5.41 Å². The van der Waals surface area contributed by atoms with Crippen LogP contribution < -0.4 is 4.74 Å². The van der Waals surface area contributed by atoms with Gasteiger partial charge in [0.2, 0.25) is 5.91 Å². The van der Waals surface area contributed by atoms with Crippen molar-refractivity contribution in [2.45, 2.75) is 25.5 Å². The predicted octanol–water partition coefficient (Wildman–Crippen LogP) is 1.43. The summed E-state index contributed by atoms with van der Waals surface area (Å²) in [5, 5.41) is 20.8. The number of carbonyl (C=O) groups is 2. The average molecular weight is 428 g/mol. The summed E-state index contributed by atoms with van der Waals surface area (Å²) in [6.45, 7) is 0.998. The van der Waals surface area contributed by atoms with Crippen LogP contribution in [0.2, 0.25) is 0 Å². The van der Waals surface area contributed by atoms with E-state index in [-0.39, 0.29) is 31.8 Å². The van der Waals surface area contributed by atoms with Gasteiger partial charge in [0, 0.05) is 32.0 Å². The number of benzene rings is 1.